The highest BCUT2D eigenvalue weighted by atomic mass is 19.3. The summed E-state index contributed by atoms with van der Waals surface area (Å²) in [5.41, 5.74) is 1.25. The van der Waals surface area contributed by atoms with Crippen molar-refractivity contribution in [3.8, 4) is 0 Å². The van der Waals surface area contributed by atoms with Crippen molar-refractivity contribution in [3.05, 3.63) is 101 Å². The first-order chi connectivity index (χ1) is 15.7. The van der Waals surface area contributed by atoms with Crippen LogP contribution in [-0.4, -0.2) is 33.0 Å². The van der Waals surface area contributed by atoms with Crippen LogP contribution in [0.5, 0.6) is 0 Å². The Labute approximate surface area is 190 Å². The van der Waals surface area contributed by atoms with Crippen LogP contribution in [0.2, 0.25) is 0 Å². The minimum atomic E-state index is -3.00. The summed E-state index contributed by atoms with van der Waals surface area (Å²) in [6.45, 7) is 2.41. The van der Waals surface area contributed by atoms with E-state index in [1.807, 2.05) is 72.2 Å². The van der Waals surface area contributed by atoms with Crippen molar-refractivity contribution in [2.45, 2.75) is 31.9 Å². The van der Waals surface area contributed by atoms with Crippen LogP contribution in [0.15, 0.2) is 78.9 Å². The average molecular weight is 450 g/mol. The minimum Gasteiger partial charge on any atom is -0.373 e. The molecule has 0 aliphatic rings. The van der Waals surface area contributed by atoms with E-state index >= 15 is 0 Å². The SMILES string of the molecule is CCn1c(C(O)(c2ccccc2)c2ccccc2)nc2ccc(C(=O)NCC(C)(F)F)cc21. The number of carbonyl (C=O) groups excluding carboxylic acids is 1. The van der Waals surface area contributed by atoms with Gasteiger partial charge in [-0.15, -0.1) is 0 Å². The third-order valence-corrected chi connectivity index (χ3v) is 5.59. The number of alkyl halides is 2. The molecule has 1 heterocycles. The molecule has 0 fully saturated rings. The standard InChI is InChI=1S/C26H25F2N3O2/c1-3-31-22-16-18(23(32)29-17-25(2,27)28)14-15-21(22)30-24(31)26(33,19-10-6-4-7-11-19)20-12-8-5-9-13-20/h4-16,33H,3,17H2,1-2H3,(H,29,32). The molecule has 0 radical (unpaired) electrons. The molecular weight excluding hydrogens is 424 g/mol. The topological polar surface area (TPSA) is 67.1 Å². The van der Waals surface area contributed by atoms with E-state index in [4.69, 9.17) is 4.98 Å². The molecule has 33 heavy (non-hydrogen) atoms. The van der Waals surface area contributed by atoms with E-state index in [2.05, 4.69) is 5.32 Å². The normalized spacial score (nSPS) is 12.2. The second kappa shape index (κ2) is 8.75. The second-order valence-corrected chi connectivity index (χ2v) is 8.08. The van der Waals surface area contributed by atoms with Crippen LogP contribution in [-0.2, 0) is 12.1 Å². The number of nitrogens with zero attached hydrogens (tertiary/aromatic N) is 2. The maximum absolute atomic E-state index is 13.2. The molecule has 0 aliphatic heterocycles. The Hall–Kier alpha value is -3.58. The van der Waals surface area contributed by atoms with Crippen LogP contribution in [0.3, 0.4) is 0 Å². The van der Waals surface area contributed by atoms with Gasteiger partial charge in [0.05, 0.1) is 17.6 Å². The summed E-state index contributed by atoms with van der Waals surface area (Å²) in [7, 11) is 0. The highest BCUT2D eigenvalue weighted by Crippen LogP contribution is 2.37. The van der Waals surface area contributed by atoms with Crippen LogP contribution in [0.4, 0.5) is 8.78 Å². The van der Waals surface area contributed by atoms with E-state index in [0.29, 0.717) is 34.5 Å². The molecular formula is C26H25F2N3O2. The van der Waals surface area contributed by atoms with E-state index in [1.165, 1.54) is 0 Å². The third kappa shape index (κ3) is 4.36. The lowest BCUT2D eigenvalue weighted by molar-refractivity contribution is 0.0221. The number of halogens is 2. The number of fused-ring (bicyclic) bond motifs is 1. The number of aryl methyl sites for hydroxylation is 1. The summed E-state index contributed by atoms with van der Waals surface area (Å²) >= 11 is 0. The van der Waals surface area contributed by atoms with Crippen molar-refractivity contribution in [2.24, 2.45) is 0 Å². The Balaban J connectivity index is 1.86. The Kier molecular flexibility index (Phi) is 5.99. The fourth-order valence-electron chi connectivity index (χ4n) is 3.98. The first-order valence-corrected chi connectivity index (χ1v) is 10.7. The van der Waals surface area contributed by atoms with Gasteiger partial charge in [0.15, 0.2) is 11.4 Å². The highest BCUT2D eigenvalue weighted by Gasteiger charge is 2.38. The molecule has 170 valence electrons. The molecule has 0 saturated carbocycles. The molecule has 5 nitrogen and oxygen atoms in total. The van der Waals surface area contributed by atoms with Gasteiger partial charge in [0.2, 0.25) is 0 Å². The molecule has 4 aromatic rings. The fourth-order valence-corrected chi connectivity index (χ4v) is 3.98. The Morgan fingerprint density at radius 3 is 2.09 bits per heavy atom. The number of aromatic nitrogens is 2. The molecule has 0 aliphatic carbocycles. The number of rotatable bonds is 7. The molecule has 0 bridgehead atoms. The van der Waals surface area contributed by atoms with Crippen molar-refractivity contribution in [2.75, 3.05) is 6.54 Å². The predicted molar refractivity (Wildman–Crippen MR) is 123 cm³/mol. The molecule has 7 heteroatoms. The van der Waals surface area contributed by atoms with E-state index in [0.717, 1.165) is 6.92 Å². The van der Waals surface area contributed by atoms with Crippen molar-refractivity contribution in [3.63, 3.8) is 0 Å². The summed E-state index contributed by atoms with van der Waals surface area (Å²) in [5, 5.41) is 14.4. The van der Waals surface area contributed by atoms with Gasteiger partial charge in [-0.05, 0) is 36.2 Å². The van der Waals surface area contributed by atoms with E-state index < -0.39 is 24.0 Å². The van der Waals surface area contributed by atoms with E-state index in [9.17, 15) is 18.7 Å². The monoisotopic (exact) mass is 449 g/mol. The number of hydrogen-bond donors (Lipinski definition) is 2. The van der Waals surface area contributed by atoms with Crippen molar-refractivity contribution in [1.29, 1.82) is 0 Å². The molecule has 4 rings (SSSR count). The molecule has 0 saturated heterocycles. The lowest BCUT2D eigenvalue weighted by atomic mass is 9.85. The van der Waals surface area contributed by atoms with Crippen LogP contribution in [0, 0.1) is 0 Å². The summed E-state index contributed by atoms with van der Waals surface area (Å²) in [6, 6.07) is 23.4. The fraction of sp³-hybridized carbons (Fsp3) is 0.231. The maximum Gasteiger partial charge on any atom is 0.262 e. The Morgan fingerprint density at radius 1 is 1.00 bits per heavy atom. The van der Waals surface area contributed by atoms with Gasteiger partial charge >= 0.3 is 0 Å². The Morgan fingerprint density at radius 2 is 1.58 bits per heavy atom. The van der Waals surface area contributed by atoms with Gasteiger partial charge in [-0.3, -0.25) is 4.79 Å². The molecule has 0 unspecified atom stereocenters. The van der Waals surface area contributed by atoms with Crippen LogP contribution >= 0.6 is 0 Å². The van der Waals surface area contributed by atoms with Crippen molar-refractivity contribution >= 4 is 16.9 Å². The third-order valence-electron chi connectivity index (χ3n) is 5.59. The lowest BCUT2D eigenvalue weighted by Crippen LogP contribution is -2.34. The molecule has 0 atom stereocenters. The largest absolute Gasteiger partial charge is 0.373 e. The first-order valence-electron chi connectivity index (χ1n) is 10.7. The van der Waals surface area contributed by atoms with Crippen molar-refractivity contribution < 1.29 is 18.7 Å². The number of aliphatic hydroxyl groups is 1. The first kappa shape index (κ1) is 22.6. The van der Waals surface area contributed by atoms with Gasteiger partial charge in [0.25, 0.3) is 11.8 Å². The number of amides is 1. The zero-order chi connectivity index (χ0) is 23.6. The van der Waals surface area contributed by atoms with Gasteiger partial charge < -0.3 is 15.0 Å². The molecule has 0 spiro atoms. The molecule has 1 aromatic heterocycles. The van der Waals surface area contributed by atoms with Crippen LogP contribution < -0.4 is 5.32 Å². The number of imidazole rings is 1. The van der Waals surface area contributed by atoms with Crippen LogP contribution in [0.1, 0.15) is 41.2 Å². The highest BCUT2D eigenvalue weighted by molar-refractivity contribution is 5.97. The summed E-state index contributed by atoms with van der Waals surface area (Å²) in [5.74, 6) is -3.18. The van der Waals surface area contributed by atoms with Gasteiger partial charge in [-0.1, -0.05) is 60.7 Å². The second-order valence-electron chi connectivity index (χ2n) is 8.08. The maximum atomic E-state index is 13.2. The van der Waals surface area contributed by atoms with Crippen molar-refractivity contribution in [1.82, 2.24) is 14.9 Å². The minimum absolute atomic E-state index is 0.246. The van der Waals surface area contributed by atoms with E-state index in [-0.39, 0.29) is 5.56 Å². The van der Waals surface area contributed by atoms with Crippen LogP contribution in [0.25, 0.3) is 11.0 Å². The number of hydrogen-bond acceptors (Lipinski definition) is 3. The lowest BCUT2D eigenvalue weighted by Gasteiger charge is -2.29. The summed E-state index contributed by atoms with van der Waals surface area (Å²) < 4.78 is 28.2. The quantitative estimate of drug-likeness (QED) is 0.429. The molecule has 3 aromatic carbocycles. The average Bonchev–Trinajstić information content (AvgIpc) is 3.21. The van der Waals surface area contributed by atoms with E-state index in [1.54, 1.807) is 18.2 Å². The summed E-state index contributed by atoms with van der Waals surface area (Å²) in [4.78, 5) is 17.2. The zero-order valence-electron chi connectivity index (χ0n) is 18.4. The van der Waals surface area contributed by atoms with Gasteiger partial charge in [-0.2, -0.15) is 0 Å². The number of benzene rings is 3. The molecule has 1 amide bonds. The predicted octanol–water partition coefficient (Wildman–Crippen LogP) is 4.73. The van der Waals surface area contributed by atoms with Gasteiger partial charge in [-0.25, -0.2) is 13.8 Å². The van der Waals surface area contributed by atoms with Gasteiger partial charge in [0.1, 0.15) is 0 Å². The number of carbonyl (C=O) groups is 1. The summed E-state index contributed by atoms with van der Waals surface area (Å²) in [6.07, 6.45) is 0. The smallest absolute Gasteiger partial charge is 0.262 e. The number of nitrogens with one attached hydrogen (secondary N) is 1. The zero-order valence-corrected chi connectivity index (χ0v) is 18.4. The molecule has 2 N–H and O–H groups in total. The Bertz CT molecular complexity index is 1230. The van der Waals surface area contributed by atoms with Gasteiger partial charge in [0, 0.05) is 19.0 Å².